The van der Waals surface area contributed by atoms with E-state index in [1.165, 1.54) is 5.19 Å². The maximum atomic E-state index is 9.28. The number of phenolic OH excluding ortho intramolecular Hbond substituents is 1. The Bertz CT molecular complexity index is 510. The Balaban J connectivity index is 2.09. The third-order valence-electron chi connectivity index (χ3n) is 3.55. The van der Waals surface area contributed by atoms with Gasteiger partial charge in [0.25, 0.3) is 0 Å². The smallest absolute Gasteiger partial charge is 0.221 e. The van der Waals surface area contributed by atoms with Gasteiger partial charge >= 0.3 is 0 Å². The van der Waals surface area contributed by atoms with Crippen LogP contribution >= 0.6 is 0 Å². The van der Waals surface area contributed by atoms with Gasteiger partial charge in [0, 0.05) is 0 Å². The lowest BCUT2D eigenvalue weighted by molar-refractivity contribution is 0.300. The van der Waals surface area contributed by atoms with Crippen LogP contribution in [0, 0.1) is 0 Å². The van der Waals surface area contributed by atoms with E-state index in [-0.39, 0.29) is 0 Å². The fourth-order valence-electron chi connectivity index (χ4n) is 2.02. The summed E-state index contributed by atoms with van der Waals surface area (Å²) in [5, 5.41) is 10.6. The summed E-state index contributed by atoms with van der Waals surface area (Å²) in [5.74, 6) is 0.294. The van der Waals surface area contributed by atoms with Crippen LogP contribution in [-0.2, 0) is 11.0 Å². The van der Waals surface area contributed by atoms with Gasteiger partial charge in [-0.15, -0.1) is 0 Å². The predicted octanol–water partition coefficient (Wildman–Crippen LogP) is 3.41. The highest BCUT2D eigenvalue weighted by atomic mass is 28.4. The number of benzene rings is 2. The Morgan fingerprint density at radius 1 is 1.00 bits per heavy atom. The second-order valence-corrected chi connectivity index (χ2v) is 8.94. The largest absolute Gasteiger partial charge is 0.508 e. The van der Waals surface area contributed by atoms with Crippen molar-refractivity contribution in [2.45, 2.75) is 26.1 Å². The van der Waals surface area contributed by atoms with Gasteiger partial charge in [0.2, 0.25) is 8.32 Å². The minimum atomic E-state index is -1.86. The van der Waals surface area contributed by atoms with Crippen LogP contribution in [0.25, 0.3) is 0 Å². The Morgan fingerprint density at radius 2 is 1.63 bits per heavy atom. The second kappa shape index (κ2) is 6.04. The molecule has 3 heteroatoms. The van der Waals surface area contributed by atoms with Crippen molar-refractivity contribution >= 4 is 13.5 Å². The molecule has 0 aliphatic rings. The first-order chi connectivity index (χ1) is 9.14. The average Bonchev–Trinajstić information content (AvgIpc) is 2.47. The SMILES string of the molecule is CC[Si](C)(OCc1ccc(O)cc1)c1ccccc1. The molecule has 1 unspecified atom stereocenters. The summed E-state index contributed by atoms with van der Waals surface area (Å²) in [6.45, 7) is 5.05. The highest BCUT2D eigenvalue weighted by Gasteiger charge is 2.29. The molecule has 1 atom stereocenters. The van der Waals surface area contributed by atoms with Crippen LogP contribution in [0.2, 0.25) is 12.6 Å². The molecule has 0 aromatic heterocycles. The summed E-state index contributed by atoms with van der Waals surface area (Å²) in [4.78, 5) is 0. The zero-order valence-corrected chi connectivity index (χ0v) is 12.5. The molecule has 2 nitrogen and oxygen atoms in total. The van der Waals surface area contributed by atoms with Gasteiger partial charge in [0.15, 0.2) is 0 Å². The van der Waals surface area contributed by atoms with Crippen molar-refractivity contribution in [2.24, 2.45) is 0 Å². The molecular formula is C16H20O2Si. The van der Waals surface area contributed by atoms with Crippen molar-refractivity contribution in [3.8, 4) is 5.75 Å². The Kier molecular flexibility index (Phi) is 4.40. The summed E-state index contributed by atoms with van der Waals surface area (Å²) in [7, 11) is -1.86. The molecule has 100 valence electrons. The summed E-state index contributed by atoms with van der Waals surface area (Å²) in [6.07, 6.45) is 0. The lowest BCUT2D eigenvalue weighted by Crippen LogP contribution is -2.46. The van der Waals surface area contributed by atoms with Crippen LogP contribution in [0.3, 0.4) is 0 Å². The number of aromatic hydroxyl groups is 1. The first-order valence-corrected chi connectivity index (χ1v) is 9.23. The molecule has 0 spiro atoms. The Morgan fingerprint density at radius 3 is 2.21 bits per heavy atom. The first kappa shape index (κ1) is 13.8. The summed E-state index contributed by atoms with van der Waals surface area (Å²) in [5.41, 5.74) is 1.10. The maximum absolute atomic E-state index is 9.28. The van der Waals surface area contributed by atoms with Crippen LogP contribution in [0.4, 0.5) is 0 Å². The summed E-state index contributed by atoms with van der Waals surface area (Å²) in [6, 6.07) is 18.8. The number of hydrogen-bond donors (Lipinski definition) is 1. The van der Waals surface area contributed by atoms with E-state index in [2.05, 4.69) is 37.7 Å². The molecule has 2 rings (SSSR count). The second-order valence-electron chi connectivity index (χ2n) is 4.91. The van der Waals surface area contributed by atoms with E-state index in [0.29, 0.717) is 12.4 Å². The van der Waals surface area contributed by atoms with Crippen LogP contribution in [0.15, 0.2) is 54.6 Å². The normalized spacial score (nSPS) is 14.0. The molecule has 2 aromatic carbocycles. The van der Waals surface area contributed by atoms with Gasteiger partial charge < -0.3 is 9.53 Å². The van der Waals surface area contributed by atoms with Crippen molar-refractivity contribution < 1.29 is 9.53 Å². The van der Waals surface area contributed by atoms with Gasteiger partial charge in [0.1, 0.15) is 5.75 Å². The van der Waals surface area contributed by atoms with E-state index >= 15 is 0 Å². The zero-order chi connectivity index (χ0) is 13.7. The molecule has 1 N–H and O–H groups in total. The molecule has 2 aromatic rings. The minimum Gasteiger partial charge on any atom is -0.508 e. The van der Waals surface area contributed by atoms with Gasteiger partial charge in [0.05, 0.1) is 6.61 Å². The first-order valence-electron chi connectivity index (χ1n) is 6.61. The Labute approximate surface area is 115 Å². The highest BCUT2D eigenvalue weighted by Crippen LogP contribution is 2.16. The lowest BCUT2D eigenvalue weighted by atomic mass is 10.2. The molecule has 0 saturated heterocycles. The summed E-state index contributed by atoms with van der Waals surface area (Å²) < 4.78 is 6.25. The summed E-state index contributed by atoms with van der Waals surface area (Å²) >= 11 is 0. The van der Waals surface area contributed by atoms with E-state index < -0.39 is 8.32 Å². The number of phenols is 1. The van der Waals surface area contributed by atoms with Crippen LogP contribution in [0.5, 0.6) is 5.75 Å². The topological polar surface area (TPSA) is 29.5 Å². The van der Waals surface area contributed by atoms with Crippen LogP contribution in [-0.4, -0.2) is 13.4 Å². The van der Waals surface area contributed by atoms with Crippen molar-refractivity contribution in [3.63, 3.8) is 0 Å². The third-order valence-corrected chi connectivity index (χ3v) is 7.24. The monoisotopic (exact) mass is 272 g/mol. The molecule has 0 saturated carbocycles. The van der Waals surface area contributed by atoms with Crippen LogP contribution in [0.1, 0.15) is 12.5 Å². The highest BCUT2D eigenvalue weighted by molar-refractivity contribution is 6.85. The fourth-order valence-corrected chi connectivity index (χ4v) is 4.18. The standard InChI is InChI=1S/C16H20O2Si/c1-3-19(2,16-7-5-4-6-8-16)18-13-14-9-11-15(17)12-10-14/h4-12,17H,3,13H2,1-2H3. The average molecular weight is 272 g/mol. The van der Waals surface area contributed by atoms with Crippen LogP contribution < -0.4 is 5.19 Å². The van der Waals surface area contributed by atoms with Gasteiger partial charge in [-0.05, 0) is 35.5 Å². The van der Waals surface area contributed by atoms with E-state index in [9.17, 15) is 5.11 Å². The van der Waals surface area contributed by atoms with Gasteiger partial charge in [-0.1, -0.05) is 49.4 Å². The van der Waals surface area contributed by atoms with E-state index in [1.807, 2.05) is 18.2 Å². The number of rotatable bonds is 5. The molecule has 19 heavy (non-hydrogen) atoms. The maximum Gasteiger partial charge on any atom is 0.221 e. The van der Waals surface area contributed by atoms with Crippen molar-refractivity contribution in [1.29, 1.82) is 0 Å². The van der Waals surface area contributed by atoms with Crippen molar-refractivity contribution in [1.82, 2.24) is 0 Å². The zero-order valence-electron chi connectivity index (χ0n) is 11.5. The lowest BCUT2D eigenvalue weighted by Gasteiger charge is -2.26. The molecule has 0 fully saturated rings. The molecule has 0 aliphatic carbocycles. The van der Waals surface area contributed by atoms with Crippen molar-refractivity contribution in [2.75, 3.05) is 0 Å². The fraction of sp³-hybridized carbons (Fsp3) is 0.250. The van der Waals surface area contributed by atoms with E-state index in [4.69, 9.17) is 4.43 Å². The quantitative estimate of drug-likeness (QED) is 0.845. The molecule has 0 heterocycles. The number of hydrogen-bond acceptors (Lipinski definition) is 2. The molecular weight excluding hydrogens is 252 g/mol. The minimum absolute atomic E-state index is 0.294. The van der Waals surface area contributed by atoms with Gasteiger partial charge in [-0.2, -0.15) is 0 Å². The van der Waals surface area contributed by atoms with Crippen molar-refractivity contribution in [3.05, 3.63) is 60.2 Å². The molecule has 0 bridgehead atoms. The van der Waals surface area contributed by atoms with E-state index in [1.54, 1.807) is 12.1 Å². The molecule has 0 radical (unpaired) electrons. The Hall–Kier alpha value is -1.58. The van der Waals surface area contributed by atoms with E-state index in [0.717, 1.165) is 11.6 Å². The van der Waals surface area contributed by atoms with Gasteiger partial charge in [-0.3, -0.25) is 0 Å². The molecule has 0 aliphatic heterocycles. The molecule has 0 amide bonds. The predicted molar refractivity (Wildman–Crippen MR) is 81.1 cm³/mol. The third kappa shape index (κ3) is 3.46. The van der Waals surface area contributed by atoms with Gasteiger partial charge in [-0.25, -0.2) is 0 Å².